The molecule has 33 heavy (non-hydrogen) atoms. The molecular formula is C24H21N3O6. The predicted molar refractivity (Wildman–Crippen MR) is 119 cm³/mol. The summed E-state index contributed by atoms with van der Waals surface area (Å²) in [6.07, 6.45) is -0.0856. The fraction of sp³-hybridized carbons (Fsp3) is 0.208. The van der Waals surface area contributed by atoms with Gasteiger partial charge in [0.15, 0.2) is 18.1 Å². The quantitative estimate of drug-likeness (QED) is 0.439. The van der Waals surface area contributed by atoms with Crippen molar-refractivity contribution in [3.8, 4) is 17.2 Å². The lowest BCUT2D eigenvalue weighted by molar-refractivity contribution is -0.125. The lowest BCUT2D eigenvalue weighted by atomic mass is 10.1. The van der Waals surface area contributed by atoms with Crippen molar-refractivity contribution in [1.82, 2.24) is 10.9 Å². The van der Waals surface area contributed by atoms with E-state index in [1.165, 1.54) is 0 Å². The van der Waals surface area contributed by atoms with Gasteiger partial charge in [0.2, 0.25) is 5.91 Å². The monoisotopic (exact) mass is 447 g/mol. The molecule has 1 fully saturated rings. The standard InChI is InChI=1S/C24H21N3O6/c28-22(14-33-19-7-3-5-15-4-1-2-6-17(15)19)26-25-18-13-23(29)27(24(18)30)16-8-9-20-21(12-16)32-11-10-31-20/h1-9,12,18,25H,10-11,13-14H2,(H,26,28). The van der Waals surface area contributed by atoms with E-state index in [4.69, 9.17) is 14.2 Å². The number of benzene rings is 3. The summed E-state index contributed by atoms with van der Waals surface area (Å²) in [5.41, 5.74) is 5.50. The Bertz CT molecular complexity index is 1240. The zero-order valence-corrected chi connectivity index (χ0v) is 17.6. The molecule has 3 aromatic rings. The lowest BCUT2D eigenvalue weighted by Gasteiger charge is -2.21. The van der Waals surface area contributed by atoms with E-state index in [1.807, 2.05) is 36.4 Å². The van der Waals surface area contributed by atoms with Crippen LogP contribution in [-0.4, -0.2) is 43.6 Å². The van der Waals surface area contributed by atoms with Crippen LogP contribution < -0.4 is 30.0 Å². The molecule has 2 aliphatic heterocycles. The highest BCUT2D eigenvalue weighted by atomic mass is 16.6. The van der Waals surface area contributed by atoms with Crippen molar-refractivity contribution in [1.29, 1.82) is 0 Å². The maximum Gasteiger partial charge on any atom is 0.272 e. The maximum absolute atomic E-state index is 12.8. The van der Waals surface area contributed by atoms with Gasteiger partial charge in [-0.05, 0) is 23.6 Å². The predicted octanol–water partition coefficient (Wildman–Crippen LogP) is 1.94. The van der Waals surface area contributed by atoms with Crippen molar-refractivity contribution in [2.24, 2.45) is 0 Å². The van der Waals surface area contributed by atoms with E-state index in [1.54, 1.807) is 24.3 Å². The fourth-order valence-corrected chi connectivity index (χ4v) is 3.86. The molecule has 0 aromatic heterocycles. The fourth-order valence-electron chi connectivity index (χ4n) is 3.86. The van der Waals surface area contributed by atoms with E-state index in [0.29, 0.717) is 36.1 Å². The lowest BCUT2D eigenvalue weighted by Crippen LogP contribution is -2.49. The summed E-state index contributed by atoms with van der Waals surface area (Å²) in [5, 5.41) is 1.90. The zero-order valence-electron chi connectivity index (χ0n) is 17.6. The first-order valence-electron chi connectivity index (χ1n) is 10.5. The molecule has 0 bridgehead atoms. The SMILES string of the molecule is O=C(COc1cccc2ccccc12)NNC1CC(=O)N(c2ccc3c(c2)OCCO3)C1=O. The minimum Gasteiger partial charge on any atom is -0.486 e. The van der Waals surface area contributed by atoms with Gasteiger partial charge in [-0.1, -0.05) is 36.4 Å². The minimum absolute atomic E-state index is 0.0856. The highest BCUT2D eigenvalue weighted by Gasteiger charge is 2.40. The van der Waals surface area contributed by atoms with Gasteiger partial charge in [-0.2, -0.15) is 0 Å². The number of nitrogens with one attached hydrogen (secondary N) is 2. The molecule has 1 atom stereocenters. The first kappa shape index (κ1) is 20.8. The average molecular weight is 447 g/mol. The Hall–Kier alpha value is -4.11. The number of carbonyl (C=O) groups is 3. The third-order valence-corrected chi connectivity index (χ3v) is 5.42. The third kappa shape index (κ3) is 4.18. The van der Waals surface area contributed by atoms with Gasteiger partial charge in [-0.25, -0.2) is 10.3 Å². The van der Waals surface area contributed by atoms with Crippen LogP contribution in [0.1, 0.15) is 6.42 Å². The number of imide groups is 1. The van der Waals surface area contributed by atoms with E-state index in [-0.39, 0.29) is 18.9 Å². The second kappa shape index (κ2) is 8.79. The summed E-state index contributed by atoms with van der Waals surface area (Å²) in [5.74, 6) is 0.315. The molecule has 5 rings (SSSR count). The number of hydrogen-bond acceptors (Lipinski definition) is 7. The second-order valence-electron chi connectivity index (χ2n) is 7.61. The first-order chi connectivity index (χ1) is 16.1. The van der Waals surface area contributed by atoms with Gasteiger partial charge in [-0.15, -0.1) is 0 Å². The minimum atomic E-state index is -0.882. The van der Waals surface area contributed by atoms with Gasteiger partial charge in [0, 0.05) is 11.5 Å². The van der Waals surface area contributed by atoms with Gasteiger partial charge < -0.3 is 14.2 Å². The van der Waals surface area contributed by atoms with E-state index in [2.05, 4.69) is 10.9 Å². The number of fused-ring (bicyclic) bond motifs is 2. The maximum atomic E-state index is 12.8. The van der Waals surface area contributed by atoms with Crippen LogP contribution in [0, 0.1) is 0 Å². The largest absolute Gasteiger partial charge is 0.486 e. The number of nitrogens with zero attached hydrogens (tertiary/aromatic N) is 1. The van der Waals surface area contributed by atoms with Crippen molar-refractivity contribution in [2.75, 3.05) is 24.7 Å². The van der Waals surface area contributed by atoms with Crippen LogP contribution >= 0.6 is 0 Å². The van der Waals surface area contributed by atoms with Crippen LogP contribution in [-0.2, 0) is 14.4 Å². The highest BCUT2D eigenvalue weighted by Crippen LogP contribution is 2.35. The molecule has 0 spiro atoms. The van der Waals surface area contributed by atoms with Gasteiger partial charge >= 0.3 is 0 Å². The molecule has 168 valence electrons. The van der Waals surface area contributed by atoms with Gasteiger partial charge in [-0.3, -0.25) is 19.8 Å². The summed E-state index contributed by atoms with van der Waals surface area (Å²) in [6, 6.07) is 17.3. The van der Waals surface area contributed by atoms with Crippen molar-refractivity contribution < 1.29 is 28.6 Å². The Balaban J connectivity index is 1.18. The molecule has 2 aliphatic rings. The summed E-state index contributed by atoms with van der Waals surface area (Å²) in [7, 11) is 0. The Kier molecular flexibility index (Phi) is 5.54. The number of carbonyl (C=O) groups excluding carboxylic acids is 3. The topological polar surface area (TPSA) is 106 Å². The van der Waals surface area contributed by atoms with E-state index in [9.17, 15) is 14.4 Å². The van der Waals surface area contributed by atoms with Crippen LogP contribution in [0.3, 0.4) is 0 Å². The smallest absolute Gasteiger partial charge is 0.272 e. The Morgan fingerprint density at radius 2 is 1.79 bits per heavy atom. The van der Waals surface area contributed by atoms with Crippen LogP contribution in [0.2, 0.25) is 0 Å². The molecule has 0 aliphatic carbocycles. The van der Waals surface area contributed by atoms with Crippen LogP contribution in [0.25, 0.3) is 10.8 Å². The summed E-state index contributed by atoms with van der Waals surface area (Å²) in [4.78, 5) is 38.7. The average Bonchev–Trinajstić information content (AvgIpc) is 3.13. The summed E-state index contributed by atoms with van der Waals surface area (Å²) >= 11 is 0. The van der Waals surface area contributed by atoms with Crippen molar-refractivity contribution >= 4 is 34.2 Å². The number of rotatable bonds is 6. The Morgan fingerprint density at radius 1 is 1.00 bits per heavy atom. The van der Waals surface area contributed by atoms with Gasteiger partial charge in [0.25, 0.3) is 11.8 Å². The molecule has 3 aromatic carbocycles. The molecule has 9 heteroatoms. The molecule has 0 radical (unpaired) electrons. The van der Waals surface area contributed by atoms with Crippen LogP contribution in [0.15, 0.2) is 60.7 Å². The van der Waals surface area contributed by atoms with Crippen molar-refractivity contribution in [3.05, 3.63) is 60.7 Å². The summed E-state index contributed by atoms with van der Waals surface area (Å²) < 4.78 is 16.7. The van der Waals surface area contributed by atoms with E-state index >= 15 is 0 Å². The van der Waals surface area contributed by atoms with E-state index < -0.39 is 17.9 Å². The molecule has 3 amide bonds. The molecule has 0 saturated carbocycles. The zero-order chi connectivity index (χ0) is 22.8. The Morgan fingerprint density at radius 3 is 2.67 bits per heavy atom. The van der Waals surface area contributed by atoms with Crippen molar-refractivity contribution in [2.45, 2.75) is 12.5 Å². The van der Waals surface area contributed by atoms with E-state index in [0.717, 1.165) is 15.7 Å². The number of anilines is 1. The number of hydrogen-bond donors (Lipinski definition) is 2. The third-order valence-electron chi connectivity index (χ3n) is 5.42. The van der Waals surface area contributed by atoms with Crippen molar-refractivity contribution in [3.63, 3.8) is 0 Å². The van der Waals surface area contributed by atoms with Crippen LogP contribution in [0.4, 0.5) is 5.69 Å². The number of ether oxygens (including phenoxy) is 3. The highest BCUT2D eigenvalue weighted by molar-refractivity contribution is 6.22. The molecule has 2 heterocycles. The Labute approximate surface area is 189 Å². The normalized spacial score (nSPS) is 17.3. The van der Waals surface area contributed by atoms with Gasteiger partial charge in [0.05, 0.1) is 12.1 Å². The molecular weight excluding hydrogens is 426 g/mol. The molecule has 1 saturated heterocycles. The van der Waals surface area contributed by atoms with Crippen LogP contribution in [0.5, 0.6) is 17.2 Å². The molecule has 9 nitrogen and oxygen atoms in total. The summed E-state index contributed by atoms with van der Waals surface area (Å²) in [6.45, 7) is 0.598. The van der Waals surface area contributed by atoms with Gasteiger partial charge in [0.1, 0.15) is 25.0 Å². The second-order valence-corrected chi connectivity index (χ2v) is 7.61. The number of hydrazine groups is 1. The molecule has 1 unspecified atom stereocenters. The molecule has 2 N–H and O–H groups in total. The number of amides is 3. The first-order valence-corrected chi connectivity index (χ1v) is 10.5.